The van der Waals surface area contributed by atoms with Crippen molar-refractivity contribution in [2.45, 2.75) is 31.5 Å². The molecule has 6 heteroatoms. The number of amides is 1. The fourth-order valence-corrected chi connectivity index (χ4v) is 4.48. The average Bonchev–Trinajstić information content (AvgIpc) is 3.34. The first-order chi connectivity index (χ1) is 13.3. The first kappa shape index (κ1) is 17.9. The maximum atomic E-state index is 12.6. The minimum Gasteiger partial charge on any atom is -0.370 e. The number of rotatable bonds is 6. The number of hydrogen-bond donors (Lipinski definition) is 1. The summed E-state index contributed by atoms with van der Waals surface area (Å²) in [6.45, 7) is 5.05. The molecule has 0 atom stereocenters. The number of aryl methyl sites for hydroxylation is 1. The van der Waals surface area contributed by atoms with Gasteiger partial charge in [-0.2, -0.15) is 0 Å². The smallest absolute Gasteiger partial charge is 0.234 e. The number of aromatic nitrogens is 2. The first-order valence-corrected chi connectivity index (χ1v) is 10.5. The van der Waals surface area contributed by atoms with Crippen molar-refractivity contribution in [2.75, 3.05) is 29.1 Å². The van der Waals surface area contributed by atoms with Gasteiger partial charge in [0, 0.05) is 19.6 Å². The number of fused-ring (bicyclic) bond motifs is 1. The molecule has 1 fully saturated rings. The van der Waals surface area contributed by atoms with Crippen LogP contribution in [0, 0.1) is 0 Å². The lowest BCUT2D eigenvalue weighted by Gasteiger charge is -2.21. The molecular weight excluding hydrogens is 356 g/mol. The van der Waals surface area contributed by atoms with E-state index in [0.29, 0.717) is 5.75 Å². The summed E-state index contributed by atoms with van der Waals surface area (Å²) in [6.07, 6.45) is 2.43. The molecule has 3 aromatic rings. The van der Waals surface area contributed by atoms with E-state index in [1.807, 2.05) is 36.4 Å². The normalized spacial score (nSPS) is 14.0. The maximum absolute atomic E-state index is 12.6. The van der Waals surface area contributed by atoms with Gasteiger partial charge in [-0.3, -0.25) is 4.79 Å². The second-order valence-corrected chi connectivity index (χ2v) is 7.62. The molecule has 0 saturated carbocycles. The zero-order valence-electron chi connectivity index (χ0n) is 15.5. The lowest BCUT2D eigenvalue weighted by molar-refractivity contribution is -0.113. The Hall–Kier alpha value is -2.47. The maximum Gasteiger partial charge on any atom is 0.234 e. The van der Waals surface area contributed by atoms with E-state index in [4.69, 9.17) is 0 Å². The summed E-state index contributed by atoms with van der Waals surface area (Å²) in [7, 11) is 0. The van der Waals surface area contributed by atoms with Crippen LogP contribution in [0.5, 0.6) is 0 Å². The van der Waals surface area contributed by atoms with Gasteiger partial charge in [0.15, 0.2) is 5.16 Å². The summed E-state index contributed by atoms with van der Waals surface area (Å²) in [5, 5.41) is 3.98. The van der Waals surface area contributed by atoms with Crippen molar-refractivity contribution in [3.05, 3.63) is 48.5 Å². The number of benzene rings is 2. The Morgan fingerprint density at radius 3 is 2.67 bits per heavy atom. The zero-order valence-corrected chi connectivity index (χ0v) is 16.3. The molecule has 1 aliphatic heterocycles. The highest BCUT2D eigenvalue weighted by Crippen LogP contribution is 2.29. The van der Waals surface area contributed by atoms with E-state index < -0.39 is 0 Å². The van der Waals surface area contributed by atoms with Crippen LogP contribution in [0.1, 0.15) is 19.8 Å². The van der Waals surface area contributed by atoms with E-state index in [1.165, 1.54) is 24.6 Å². The number of nitrogens with one attached hydrogen (secondary N) is 1. The van der Waals surface area contributed by atoms with Gasteiger partial charge < -0.3 is 14.8 Å². The number of thioether (sulfide) groups is 1. The van der Waals surface area contributed by atoms with Crippen LogP contribution in [-0.2, 0) is 11.3 Å². The zero-order chi connectivity index (χ0) is 18.6. The predicted octanol–water partition coefficient (Wildman–Crippen LogP) is 4.39. The summed E-state index contributed by atoms with van der Waals surface area (Å²) in [5.41, 5.74) is 4.10. The molecule has 1 amide bonds. The van der Waals surface area contributed by atoms with Crippen LogP contribution in [0.3, 0.4) is 0 Å². The molecule has 1 saturated heterocycles. The fourth-order valence-electron chi connectivity index (χ4n) is 3.60. The number of carbonyl (C=O) groups excluding carboxylic acids is 1. The number of carbonyl (C=O) groups is 1. The van der Waals surface area contributed by atoms with E-state index >= 15 is 0 Å². The number of para-hydroxylation sites is 4. The van der Waals surface area contributed by atoms with Crippen LogP contribution in [-0.4, -0.2) is 34.3 Å². The van der Waals surface area contributed by atoms with Crippen molar-refractivity contribution in [3.63, 3.8) is 0 Å². The summed E-state index contributed by atoms with van der Waals surface area (Å²) in [5.74, 6) is 0.346. The van der Waals surface area contributed by atoms with Crippen molar-refractivity contribution in [3.8, 4) is 0 Å². The van der Waals surface area contributed by atoms with Gasteiger partial charge in [-0.1, -0.05) is 36.0 Å². The molecule has 0 unspecified atom stereocenters. The molecule has 27 heavy (non-hydrogen) atoms. The van der Waals surface area contributed by atoms with E-state index in [0.717, 1.165) is 47.2 Å². The minimum atomic E-state index is 0.00126. The van der Waals surface area contributed by atoms with Crippen LogP contribution in [0.25, 0.3) is 11.0 Å². The van der Waals surface area contributed by atoms with Gasteiger partial charge in [0.05, 0.1) is 28.2 Å². The lowest BCUT2D eigenvalue weighted by Crippen LogP contribution is -2.21. The van der Waals surface area contributed by atoms with Gasteiger partial charge in [0.2, 0.25) is 5.91 Å². The molecule has 4 rings (SSSR count). The third kappa shape index (κ3) is 3.81. The molecule has 140 valence electrons. The van der Waals surface area contributed by atoms with Crippen molar-refractivity contribution < 1.29 is 4.79 Å². The molecule has 1 aliphatic rings. The van der Waals surface area contributed by atoms with Gasteiger partial charge in [-0.15, -0.1) is 0 Å². The monoisotopic (exact) mass is 380 g/mol. The third-order valence-corrected chi connectivity index (χ3v) is 5.87. The summed E-state index contributed by atoms with van der Waals surface area (Å²) < 4.78 is 2.16. The standard InChI is InChI=1S/C21H24N4OS/c1-2-25-19-12-6-4-10-17(19)23-21(25)27-15-20(26)22-16-9-3-5-11-18(16)24-13-7-8-14-24/h3-6,9-12H,2,7-8,13-15H2,1H3,(H,22,26). The Balaban J connectivity index is 1.45. The molecule has 2 aromatic carbocycles. The van der Waals surface area contributed by atoms with E-state index in [1.54, 1.807) is 0 Å². The van der Waals surface area contributed by atoms with Crippen LogP contribution in [0.15, 0.2) is 53.7 Å². The van der Waals surface area contributed by atoms with Gasteiger partial charge in [-0.05, 0) is 44.0 Å². The predicted molar refractivity (Wildman–Crippen MR) is 113 cm³/mol. The van der Waals surface area contributed by atoms with Gasteiger partial charge >= 0.3 is 0 Å². The molecule has 0 spiro atoms. The SMILES string of the molecule is CCn1c(SCC(=O)Nc2ccccc2N2CCCC2)nc2ccccc21. The van der Waals surface area contributed by atoms with Crippen LogP contribution in [0.2, 0.25) is 0 Å². The Kier molecular flexibility index (Phi) is 5.34. The summed E-state index contributed by atoms with van der Waals surface area (Å²) >= 11 is 1.49. The van der Waals surface area contributed by atoms with Crippen molar-refractivity contribution >= 4 is 40.1 Å². The average molecular weight is 381 g/mol. The second kappa shape index (κ2) is 8.05. The Bertz CT molecular complexity index is 946. The highest BCUT2D eigenvalue weighted by Gasteiger charge is 2.17. The van der Waals surface area contributed by atoms with Gasteiger partial charge in [-0.25, -0.2) is 4.98 Å². The lowest BCUT2D eigenvalue weighted by atomic mass is 10.2. The topological polar surface area (TPSA) is 50.2 Å². The van der Waals surface area contributed by atoms with Crippen molar-refractivity contribution in [1.29, 1.82) is 0 Å². The van der Waals surface area contributed by atoms with Crippen LogP contribution >= 0.6 is 11.8 Å². The Labute approximate surface area is 163 Å². The van der Waals surface area contributed by atoms with Crippen molar-refractivity contribution in [1.82, 2.24) is 9.55 Å². The molecule has 2 heterocycles. The quantitative estimate of drug-likeness (QED) is 0.645. The highest BCUT2D eigenvalue weighted by atomic mass is 32.2. The molecule has 0 bridgehead atoms. The van der Waals surface area contributed by atoms with E-state index in [-0.39, 0.29) is 5.91 Å². The van der Waals surface area contributed by atoms with E-state index in [2.05, 4.69) is 38.8 Å². The molecular formula is C21H24N4OS. The van der Waals surface area contributed by atoms with Crippen LogP contribution in [0.4, 0.5) is 11.4 Å². The third-order valence-electron chi connectivity index (χ3n) is 4.89. The molecule has 1 N–H and O–H groups in total. The Morgan fingerprint density at radius 1 is 1.11 bits per heavy atom. The summed E-state index contributed by atoms with van der Waals surface area (Å²) in [4.78, 5) is 19.6. The largest absolute Gasteiger partial charge is 0.370 e. The number of hydrogen-bond acceptors (Lipinski definition) is 4. The van der Waals surface area contributed by atoms with E-state index in [9.17, 15) is 4.79 Å². The number of nitrogens with zero attached hydrogens (tertiary/aromatic N) is 3. The van der Waals surface area contributed by atoms with Crippen LogP contribution < -0.4 is 10.2 Å². The number of anilines is 2. The van der Waals surface area contributed by atoms with Gasteiger partial charge in [0.1, 0.15) is 0 Å². The summed E-state index contributed by atoms with van der Waals surface area (Å²) in [6, 6.07) is 16.2. The molecule has 5 nitrogen and oxygen atoms in total. The Morgan fingerprint density at radius 2 is 1.85 bits per heavy atom. The molecule has 0 aliphatic carbocycles. The van der Waals surface area contributed by atoms with Crippen molar-refractivity contribution in [2.24, 2.45) is 0 Å². The fraction of sp³-hybridized carbons (Fsp3) is 0.333. The highest BCUT2D eigenvalue weighted by molar-refractivity contribution is 7.99. The minimum absolute atomic E-state index is 0.00126. The number of imidazole rings is 1. The molecule has 1 aromatic heterocycles. The molecule has 0 radical (unpaired) electrons. The first-order valence-electron chi connectivity index (χ1n) is 9.48. The second-order valence-electron chi connectivity index (χ2n) is 6.68. The van der Waals surface area contributed by atoms with Gasteiger partial charge in [0.25, 0.3) is 0 Å².